The van der Waals surface area contributed by atoms with Gasteiger partial charge in [-0.15, -0.1) is 6.58 Å². The van der Waals surface area contributed by atoms with Crippen molar-refractivity contribution in [3.8, 4) is 5.75 Å². The maximum Gasteiger partial charge on any atom is 0.408 e. The van der Waals surface area contributed by atoms with E-state index in [2.05, 4.69) is 33.8 Å². The lowest BCUT2D eigenvalue weighted by atomic mass is 10.0. The molecule has 0 unspecified atom stereocenters. The Kier molecular flexibility index (Phi) is 13.1. The molecule has 1 aromatic rings. The minimum absolute atomic E-state index is 0.0340. The fourth-order valence-electron chi connectivity index (χ4n) is 3.34. The summed E-state index contributed by atoms with van der Waals surface area (Å²) >= 11 is 0. The summed E-state index contributed by atoms with van der Waals surface area (Å²) in [6.45, 7) is 16.4. The van der Waals surface area contributed by atoms with Gasteiger partial charge in [0.1, 0.15) is 36.1 Å². The molecule has 3 N–H and O–H groups in total. The molecule has 10 nitrogen and oxygen atoms in total. The summed E-state index contributed by atoms with van der Waals surface area (Å²) in [5, 5.41) is 7.86. The fraction of sp³-hybridized carbons (Fsp3) is 0.500. The predicted octanol–water partition coefficient (Wildman–Crippen LogP) is 3.06. The van der Waals surface area contributed by atoms with Crippen molar-refractivity contribution in [3.63, 3.8) is 0 Å². The standard InChI is InChI=1S/C28H41N3O7/c1-9-15-37-20-13-11-19(12-14-20)17-23(31-27(35)38-28(5,6)7)25(33)30-22(16-18(3)4)24(32)29-21(10-2)26(34)36-8/h9-14,18,21-23H,1-2,15-17H2,3-8H3,(H,29,32)(H,30,33)(H,31,35)/t21-,22-,23-/m0/s1. The summed E-state index contributed by atoms with van der Waals surface area (Å²) in [5.74, 6) is -1.19. The monoisotopic (exact) mass is 531 g/mol. The third-order valence-corrected chi connectivity index (χ3v) is 5.07. The summed E-state index contributed by atoms with van der Waals surface area (Å²) in [6, 6.07) is 3.95. The zero-order valence-corrected chi connectivity index (χ0v) is 23.2. The molecule has 10 heteroatoms. The number of carbonyl (C=O) groups is 4. The number of esters is 1. The van der Waals surface area contributed by atoms with E-state index in [1.165, 1.54) is 13.2 Å². The first-order valence-corrected chi connectivity index (χ1v) is 12.4. The van der Waals surface area contributed by atoms with Crippen LogP contribution in [-0.4, -0.2) is 61.3 Å². The maximum absolute atomic E-state index is 13.4. The molecule has 0 aliphatic heterocycles. The Balaban J connectivity index is 3.14. The zero-order valence-electron chi connectivity index (χ0n) is 23.2. The number of methoxy groups -OCH3 is 1. The van der Waals surface area contributed by atoms with Crippen LogP contribution in [0.5, 0.6) is 5.75 Å². The van der Waals surface area contributed by atoms with E-state index in [1.807, 2.05) is 13.8 Å². The first-order chi connectivity index (χ1) is 17.8. The topological polar surface area (TPSA) is 132 Å². The number of amides is 3. The molecule has 0 aromatic heterocycles. The molecule has 0 heterocycles. The zero-order chi connectivity index (χ0) is 28.9. The molecule has 1 aromatic carbocycles. The maximum atomic E-state index is 13.4. The van der Waals surface area contributed by atoms with Gasteiger partial charge < -0.3 is 30.2 Å². The van der Waals surface area contributed by atoms with Gasteiger partial charge in [0.2, 0.25) is 11.8 Å². The second-order valence-corrected chi connectivity index (χ2v) is 10.1. The highest BCUT2D eigenvalue weighted by Crippen LogP contribution is 2.15. The van der Waals surface area contributed by atoms with Crippen LogP contribution in [0, 0.1) is 5.92 Å². The van der Waals surface area contributed by atoms with E-state index in [-0.39, 0.29) is 18.8 Å². The number of carbonyl (C=O) groups excluding carboxylic acids is 4. The Labute approximate surface area is 225 Å². The third-order valence-electron chi connectivity index (χ3n) is 5.07. The average molecular weight is 532 g/mol. The highest BCUT2D eigenvalue weighted by molar-refractivity contribution is 5.93. The molecule has 38 heavy (non-hydrogen) atoms. The Hall–Kier alpha value is -3.82. The van der Waals surface area contributed by atoms with Crippen molar-refractivity contribution in [1.82, 2.24) is 16.0 Å². The van der Waals surface area contributed by atoms with Crippen molar-refractivity contribution in [2.75, 3.05) is 13.7 Å². The highest BCUT2D eigenvalue weighted by Gasteiger charge is 2.30. The van der Waals surface area contributed by atoms with Crippen LogP contribution >= 0.6 is 0 Å². The molecule has 0 radical (unpaired) electrons. The van der Waals surface area contributed by atoms with Crippen LogP contribution in [0.15, 0.2) is 49.6 Å². The van der Waals surface area contributed by atoms with Gasteiger partial charge >= 0.3 is 12.1 Å². The lowest BCUT2D eigenvalue weighted by Crippen LogP contribution is -2.56. The SMILES string of the molecule is C=CCOc1ccc(C[C@H](NC(=O)OC(C)(C)C)C(=O)N[C@@H](CC(C)C)C(=O)N[C@@H](C=C)C(=O)OC)cc1. The summed E-state index contributed by atoms with van der Waals surface area (Å²) in [6.07, 6.45) is 2.52. The molecular weight excluding hydrogens is 490 g/mol. The van der Waals surface area contributed by atoms with Crippen molar-refractivity contribution in [3.05, 3.63) is 55.1 Å². The molecule has 0 saturated carbocycles. The Bertz CT molecular complexity index is 968. The van der Waals surface area contributed by atoms with Crippen LogP contribution in [0.2, 0.25) is 0 Å². The van der Waals surface area contributed by atoms with Gasteiger partial charge in [0.15, 0.2) is 0 Å². The molecule has 0 bridgehead atoms. The summed E-state index contributed by atoms with van der Waals surface area (Å²) in [5.41, 5.74) is -0.0301. The van der Waals surface area contributed by atoms with Crippen molar-refractivity contribution < 1.29 is 33.4 Å². The van der Waals surface area contributed by atoms with Crippen LogP contribution < -0.4 is 20.7 Å². The van der Waals surface area contributed by atoms with E-state index in [1.54, 1.807) is 51.1 Å². The molecule has 210 valence electrons. The van der Waals surface area contributed by atoms with Crippen LogP contribution in [0.3, 0.4) is 0 Å². The van der Waals surface area contributed by atoms with Crippen LogP contribution in [0.1, 0.15) is 46.6 Å². The van der Waals surface area contributed by atoms with E-state index in [4.69, 9.17) is 9.47 Å². The van der Waals surface area contributed by atoms with Gasteiger partial charge in [-0.25, -0.2) is 9.59 Å². The lowest BCUT2D eigenvalue weighted by Gasteiger charge is -2.26. The van der Waals surface area contributed by atoms with Crippen molar-refractivity contribution >= 4 is 23.9 Å². The molecule has 0 aliphatic rings. The normalized spacial score (nSPS) is 13.3. The highest BCUT2D eigenvalue weighted by atomic mass is 16.6. The van der Waals surface area contributed by atoms with Crippen LogP contribution in [-0.2, 0) is 30.3 Å². The van der Waals surface area contributed by atoms with E-state index in [9.17, 15) is 19.2 Å². The Morgan fingerprint density at radius 2 is 1.55 bits per heavy atom. The van der Waals surface area contributed by atoms with Crippen molar-refractivity contribution in [2.24, 2.45) is 5.92 Å². The van der Waals surface area contributed by atoms with E-state index in [0.717, 1.165) is 5.56 Å². The second-order valence-electron chi connectivity index (χ2n) is 10.1. The van der Waals surface area contributed by atoms with Gasteiger partial charge in [0.25, 0.3) is 0 Å². The quantitative estimate of drug-likeness (QED) is 0.248. The van der Waals surface area contributed by atoms with Crippen molar-refractivity contribution in [2.45, 2.75) is 71.2 Å². The minimum atomic E-state index is -1.07. The van der Waals surface area contributed by atoms with E-state index >= 15 is 0 Å². The number of nitrogens with one attached hydrogen (secondary N) is 3. The Morgan fingerprint density at radius 1 is 0.947 bits per heavy atom. The van der Waals surface area contributed by atoms with Gasteiger partial charge in [-0.05, 0) is 50.8 Å². The summed E-state index contributed by atoms with van der Waals surface area (Å²) in [7, 11) is 1.20. The number of benzene rings is 1. The lowest BCUT2D eigenvalue weighted by molar-refractivity contribution is -0.144. The second kappa shape index (κ2) is 15.4. The number of hydrogen-bond donors (Lipinski definition) is 3. The first kappa shape index (κ1) is 32.2. The van der Waals surface area contributed by atoms with E-state index < -0.39 is 47.6 Å². The minimum Gasteiger partial charge on any atom is -0.490 e. The fourth-order valence-corrected chi connectivity index (χ4v) is 3.34. The summed E-state index contributed by atoms with van der Waals surface area (Å²) in [4.78, 5) is 50.8. The van der Waals surface area contributed by atoms with Crippen LogP contribution in [0.4, 0.5) is 4.79 Å². The number of ether oxygens (including phenoxy) is 3. The molecule has 0 saturated heterocycles. The van der Waals surface area contributed by atoms with E-state index in [0.29, 0.717) is 12.4 Å². The number of alkyl carbamates (subject to hydrolysis) is 1. The smallest absolute Gasteiger partial charge is 0.408 e. The molecule has 0 fully saturated rings. The number of rotatable bonds is 14. The van der Waals surface area contributed by atoms with Gasteiger partial charge in [-0.3, -0.25) is 9.59 Å². The van der Waals surface area contributed by atoms with Crippen molar-refractivity contribution in [1.29, 1.82) is 0 Å². The van der Waals surface area contributed by atoms with Gasteiger partial charge in [0, 0.05) is 6.42 Å². The van der Waals surface area contributed by atoms with Gasteiger partial charge in [-0.2, -0.15) is 0 Å². The third kappa shape index (κ3) is 11.9. The van der Waals surface area contributed by atoms with Gasteiger partial charge in [0.05, 0.1) is 7.11 Å². The molecule has 0 aliphatic carbocycles. The van der Waals surface area contributed by atoms with Crippen LogP contribution in [0.25, 0.3) is 0 Å². The largest absolute Gasteiger partial charge is 0.490 e. The number of hydrogen-bond acceptors (Lipinski definition) is 7. The summed E-state index contributed by atoms with van der Waals surface area (Å²) < 4.78 is 15.5. The Morgan fingerprint density at radius 3 is 2.05 bits per heavy atom. The molecule has 3 atom stereocenters. The average Bonchev–Trinajstić information content (AvgIpc) is 2.83. The molecule has 3 amide bonds. The molecular formula is C28H41N3O7. The van der Waals surface area contributed by atoms with Gasteiger partial charge in [-0.1, -0.05) is 44.7 Å². The molecule has 0 spiro atoms. The predicted molar refractivity (Wildman–Crippen MR) is 145 cm³/mol. The molecule has 1 rings (SSSR count). The first-order valence-electron chi connectivity index (χ1n) is 12.4.